The Kier molecular flexibility index (Phi) is 7.07. The Morgan fingerprint density at radius 2 is 1.95 bits per heavy atom. The summed E-state index contributed by atoms with van der Waals surface area (Å²) in [6.07, 6.45) is -2.01. The van der Waals surface area contributed by atoms with E-state index in [4.69, 9.17) is 19.3 Å². The maximum atomic E-state index is 11.3. The fourth-order valence-corrected chi connectivity index (χ4v) is 1.78. The van der Waals surface area contributed by atoms with Crippen molar-refractivity contribution in [3.63, 3.8) is 0 Å². The molecule has 4 atom stereocenters. The van der Waals surface area contributed by atoms with Crippen molar-refractivity contribution in [2.75, 3.05) is 13.2 Å². The van der Waals surface area contributed by atoms with E-state index < -0.39 is 37.4 Å². The summed E-state index contributed by atoms with van der Waals surface area (Å²) in [6, 6.07) is 0. The average Bonchev–Trinajstić information content (AvgIpc) is 2.66. The van der Waals surface area contributed by atoms with Crippen LogP contribution in [0.5, 0.6) is 0 Å². The highest BCUT2D eigenvalue weighted by Gasteiger charge is 2.44. The molecule has 112 valence electrons. The summed E-state index contributed by atoms with van der Waals surface area (Å²) in [5.41, 5.74) is 0. The highest BCUT2D eigenvalue weighted by Crippen LogP contribution is 2.22. The van der Waals surface area contributed by atoms with E-state index in [0.717, 1.165) is 25.7 Å². The molecule has 0 aromatic rings. The Balaban J connectivity index is 2.21. The van der Waals surface area contributed by atoms with Gasteiger partial charge in [-0.3, -0.25) is 0 Å². The van der Waals surface area contributed by atoms with Crippen molar-refractivity contribution in [2.24, 2.45) is 0 Å². The fourth-order valence-electron chi connectivity index (χ4n) is 1.78. The predicted octanol–water partition coefficient (Wildman–Crippen LogP) is 0.159. The molecule has 19 heavy (non-hydrogen) atoms. The van der Waals surface area contributed by atoms with E-state index >= 15 is 0 Å². The lowest BCUT2D eigenvalue weighted by Crippen LogP contribution is -2.35. The fraction of sp³-hybridized carbons (Fsp3) is 0.917. The van der Waals surface area contributed by atoms with E-state index in [0.29, 0.717) is 0 Å². The number of hydrogen-bond acceptors (Lipinski definition) is 7. The Labute approximate surface area is 112 Å². The molecule has 1 rings (SSSR count). The first-order valence-corrected chi connectivity index (χ1v) is 6.56. The lowest BCUT2D eigenvalue weighted by molar-refractivity contribution is -0.149. The first kappa shape index (κ1) is 16.2. The molecule has 0 aliphatic carbocycles. The van der Waals surface area contributed by atoms with E-state index in [1.807, 2.05) is 0 Å². The molecule has 3 N–H and O–H groups in total. The van der Waals surface area contributed by atoms with Gasteiger partial charge in [-0.05, 0) is 6.42 Å². The van der Waals surface area contributed by atoms with Gasteiger partial charge in [0.25, 0.3) is 0 Å². The molecule has 0 radical (unpaired) electrons. The normalized spacial score (nSPS) is 30.3. The van der Waals surface area contributed by atoms with Crippen LogP contribution in [0, 0.1) is 0 Å². The molecular formula is C12H22O7. The molecule has 1 saturated heterocycles. The van der Waals surface area contributed by atoms with Crippen LogP contribution < -0.4 is 0 Å². The van der Waals surface area contributed by atoms with Crippen molar-refractivity contribution in [2.45, 2.75) is 57.2 Å². The van der Waals surface area contributed by atoms with Gasteiger partial charge in [0, 0.05) is 0 Å². The lowest BCUT2D eigenvalue weighted by Gasteiger charge is -2.15. The van der Waals surface area contributed by atoms with Crippen LogP contribution in [0.15, 0.2) is 0 Å². The van der Waals surface area contributed by atoms with Gasteiger partial charge in [0.2, 0.25) is 6.29 Å². The zero-order valence-electron chi connectivity index (χ0n) is 11.0. The van der Waals surface area contributed by atoms with E-state index in [1.54, 1.807) is 0 Å². The van der Waals surface area contributed by atoms with Gasteiger partial charge in [-0.15, -0.1) is 0 Å². The van der Waals surface area contributed by atoms with E-state index in [9.17, 15) is 15.0 Å². The van der Waals surface area contributed by atoms with Crippen LogP contribution in [-0.4, -0.2) is 59.3 Å². The number of ether oxygens (including phenoxy) is 3. The summed E-state index contributed by atoms with van der Waals surface area (Å²) < 4.78 is 14.5. The van der Waals surface area contributed by atoms with Gasteiger partial charge in [-0.25, -0.2) is 4.79 Å². The van der Waals surface area contributed by atoms with Crippen molar-refractivity contribution in [3.05, 3.63) is 0 Å². The van der Waals surface area contributed by atoms with Gasteiger partial charge in [0.05, 0.1) is 13.2 Å². The van der Waals surface area contributed by atoms with Gasteiger partial charge in [-0.2, -0.15) is 0 Å². The van der Waals surface area contributed by atoms with Crippen LogP contribution in [0.3, 0.4) is 0 Å². The molecule has 1 aliphatic heterocycles. The maximum Gasteiger partial charge on any atom is 0.510 e. The van der Waals surface area contributed by atoms with Crippen LogP contribution in [0.4, 0.5) is 4.79 Å². The standard InChI is InChI=1S/C12H22O7/c1-2-3-4-5-6-17-12(16)19-11-10(15)9(14)8(7-13)18-11/h8-11,13-15H,2-7H2,1H3/t8-,9-,10-,11?/m1/s1. The maximum absolute atomic E-state index is 11.3. The Morgan fingerprint density at radius 1 is 1.21 bits per heavy atom. The molecule has 7 nitrogen and oxygen atoms in total. The molecule has 0 spiro atoms. The summed E-state index contributed by atoms with van der Waals surface area (Å²) in [6.45, 7) is 1.86. The number of carbonyl (C=O) groups excluding carboxylic acids is 1. The number of carbonyl (C=O) groups is 1. The second-order valence-electron chi connectivity index (χ2n) is 4.48. The molecule has 0 aromatic heterocycles. The molecule has 0 aromatic carbocycles. The SMILES string of the molecule is CCCCCCOC(=O)OC1O[C@H](CO)[C@@H](O)[C@H]1O. The second kappa shape index (κ2) is 8.31. The average molecular weight is 278 g/mol. The van der Waals surface area contributed by atoms with Gasteiger partial charge < -0.3 is 29.5 Å². The van der Waals surface area contributed by atoms with Crippen LogP contribution in [0.25, 0.3) is 0 Å². The molecule has 0 saturated carbocycles. The molecule has 1 fully saturated rings. The zero-order chi connectivity index (χ0) is 14.3. The molecule has 0 amide bonds. The van der Waals surface area contributed by atoms with Crippen LogP contribution in [-0.2, 0) is 14.2 Å². The number of hydrogen-bond donors (Lipinski definition) is 3. The molecule has 1 aliphatic rings. The van der Waals surface area contributed by atoms with Gasteiger partial charge >= 0.3 is 6.16 Å². The minimum Gasteiger partial charge on any atom is -0.434 e. The van der Waals surface area contributed by atoms with Crippen LogP contribution in [0.1, 0.15) is 32.6 Å². The van der Waals surface area contributed by atoms with Crippen LogP contribution in [0.2, 0.25) is 0 Å². The largest absolute Gasteiger partial charge is 0.510 e. The van der Waals surface area contributed by atoms with Gasteiger partial charge in [0.1, 0.15) is 18.3 Å². The van der Waals surface area contributed by atoms with Crippen molar-refractivity contribution in [3.8, 4) is 0 Å². The minimum atomic E-state index is -1.38. The summed E-state index contributed by atoms with van der Waals surface area (Å²) >= 11 is 0. The van der Waals surface area contributed by atoms with Crippen molar-refractivity contribution < 1.29 is 34.3 Å². The number of unbranched alkanes of at least 4 members (excludes halogenated alkanes) is 3. The Morgan fingerprint density at radius 3 is 2.53 bits per heavy atom. The number of rotatable bonds is 7. The van der Waals surface area contributed by atoms with E-state index in [-0.39, 0.29) is 6.61 Å². The van der Waals surface area contributed by atoms with Gasteiger partial charge in [0.15, 0.2) is 0 Å². The number of aliphatic hydroxyl groups is 3. The molecule has 1 heterocycles. The monoisotopic (exact) mass is 278 g/mol. The predicted molar refractivity (Wildman–Crippen MR) is 64.3 cm³/mol. The van der Waals surface area contributed by atoms with Crippen molar-refractivity contribution >= 4 is 6.16 Å². The minimum absolute atomic E-state index is 0.244. The second-order valence-corrected chi connectivity index (χ2v) is 4.48. The van der Waals surface area contributed by atoms with Crippen LogP contribution >= 0.6 is 0 Å². The van der Waals surface area contributed by atoms with Crippen molar-refractivity contribution in [1.29, 1.82) is 0 Å². The Bertz CT molecular complexity index is 271. The third-order valence-electron chi connectivity index (χ3n) is 2.93. The third-order valence-corrected chi connectivity index (χ3v) is 2.93. The zero-order valence-corrected chi connectivity index (χ0v) is 11.0. The van der Waals surface area contributed by atoms with E-state index in [1.165, 1.54) is 0 Å². The quantitative estimate of drug-likeness (QED) is 0.450. The van der Waals surface area contributed by atoms with Gasteiger partial charge in [-0.1, -0.05) is 26.2 Å². The first-order chi connectivity index (χ1) is 9.10. The topological polar surface area (TPSA) is 105 Å². The first-order valence-electron chi connectivity index (χ1n) is 6.56. The number of aliphatic hydroxyl groups excluding tert-OH is 3. The van der Waals surface area contributed by atoms with E-state index in [2.05, 4.69) is 6.92 Å². The van der Waals surface area contributed by atoms with Crippen molar-refractivity contribution in [1.82, 2.24) is 0 Å². The molecular weight excluding hydrogens is 256 g/mol. The summed E-state index contributed by atoms with van der Waals surface area (Å²) in [4.78, 5) is 11.3. The highest BCUT2D eigenvalue weighted by atomic mass is 16.8. The molecule has 1 unspecified atom stereocenters. The lowest BCUT2D eigenvalue weighted by atomic mass is 10.1. The molecule has 7 heteroatoms. The molecule has 0 bridgehead atoms. The summed E-state index contributed by atoms with van der Waals surface area (Å²) in [5.74, 6) is 0. The summed E-state index contributed by atoms with van der Waals surface area (Å²) in [7, 11) is 0. The Hall–Kier alpha value is -0.890. The third kappa shape index (κ3) is 4.94. The highest BCUT2D eigenvalue weighted by molar-refractivity contribution is 5.60. The smallest absolute Gasteiger partial charge is 0.434 e. The summed E-state index contributed by atoms with van der Waals surface area (Å²) in [5, 5.41) is 27.8.